The molecule has 1 saturated heterocycles. The molecule has 1 aliphatic heterocycles. The normalized spacial score (nSPS) is 20.6. The molecule has 0 aliphatic carbocycles. The van der Waals surface area contributed by atoms with Crippen molar-refractivity contribution in [2.24, 2.45) is 5.92 Å². The molecule has 2 aromatic rings. The summed E-state index contributed by atoms with van der Waals surface area (Å²) in [6, 6.07) is 6.29. The van der Waals surface area contributed by atoms with Crippen molar-refractivity contribution in [2.75, 3.05) is 13.1 Å². The Morgan fingerprint density at radius 3 is 2.96 bits per heavy atom. The van der Waals surface area contributed by atoms with Gasteiger partial charge in [-0.2, -0.15) is 5.10 Å². The molecule has 2 atom stereocenters. The fraction of sp³-hybridized carbons (Fsp3) is 0.412. The molecule has 1 aromatic heterocycles. The summed E-state index contributed by atoms with van der Waals surface area (Å²) in [5, 5.41) is 17.5. The Morgan fingerprint density at radius 2 is 2.29 bits per heavy atom. The van der Waals surface area contributed by atoms with Crippen LogP contribution < -0.4 is 0 Å². The van der Waals surface area contributed by atoms with Gasteiger partial charge in [0.15, 0.2) is 0 Å². The van der Waals surface area contributed by atoms with Gasteiger partial charge in [0.25, 0.3) is 0 Å². The molecule has 2 heterocycles. The highest BCUT2D eigenvalue weighted by Crippen LogP contribution is 2.24. The molecule has 2 N–H and O–H groups in total. The lowest BCUT2D eigenvalue weighted by Gasteiger charge is -2.16. The SMILES string of the molecule is Cc1cc(C[C@@H]2CN(C(=O)Cc3c(F)cccc3Cl)C[C@H]2O)n[nH]1. The molecule has 128 valence electrons. The van der Waals surface area contributed by atoms with Crippen LogP contribution in [0, 0.1) is 18.7 Å². The Labute approximate surface area is 144 Å². The number of benzene rings is 1. The largest absolute Gasteiger partial charge is 0.391 e. The molecule has 1 aromatic carbocycles. The second kappa shape index (κ2) is 6.91. The summed E-state index contributed by atoms with van der Waals surface area (Å²) in [5.74, 6) is -0.798. The first kappa shape index (κ1) is 16.9. The number of aliphatic hydroxyl groups is 1. The predicted octanol–water partition coefficient (Wildman–Crippen LogP) is 2.12. The number of nitrogens with zero attached hydrogens (tertiary/aromatic N) is 2. The quantitative estimate of drug-likeness (QED) is 0.886. The Morgan fingerprint density at radius 1 is 1.50 bits per heavy atom. The molecule has 24 heavy (non-hydrogen) atoms. The predicted molar refractivity (Wildman–Crippen MR) is 88.2 cm³/mol. The number of hydrogen-bond acceptors (Lipinski definition) is 3. The van der Waals surface area contributed by atoms with Crippen LogP contribution in [0.3, 0.4) is 0 Å². The number of aliphatic hydroxyl groups excluding tert-OH is 1. The number of aryl methyl sites for hydroxylation is 1. The molecule has 1 fully saturated rings. The third kappa shape index (κ3) is 3.60. The maximum Gasteiger partial charge on any atom is 0.227 e. The van der Waals surface area contributed by atoms with E-state index in [1.165, 1.54) is 12.1 Å². The van der Waals surface area contributed by atoms with Gasteiger partial charge in [-0.25, -0.2) is 4.39 Å². The van der Waals surface area contributed by atoms with Crippen LogP contribution in [0.2, 0.25) is 5.02 Å². The fourth-order valence-electron chi connectivity index (χ4n) is 3.07. The minimum atomic E-state index is -0.609. The summed E-state index contributed by atoms with van der Waals surface area (Å²) in [4.78, 5) is 14.0. The van der Waals surface area contributed by atoms with Gasteiger partial charge in [-0.05, 0) is 31.5 Å². The number of β-amino-alcohol motifs (C(OH)–C–C–N with tert-alkyl or cyclic N) is 1. The molecule has 0 radical (unpaired) electrons. The summed E-state index contributed by atoms with van der Waals surface area (Å²) >= 11 is 5.98. The van der Waals surface area contributed by atoms with E-state index in [-0.39, 0.29) is 35.4 Å². The lowest BCUT2D eigenvalue weighted by Crippen LogP contribution is -2.31. The van der Waals surface area contributed by atoms with Crippen LogP contribution in [0.15, 0.2) is 24.3 Å². The molecule has 0 saturated carbocycles. The Hall–Kier alpha value is -1.92. The van der Waals surface area contributed by atoms with Crippen molar-refractivity contribution in [1.82, 2.24) is 15.1 Å². The lowest BCUT2D eigenvalue weighted by molar-refractivity contribution is -0.129. The van der Waals surface area contributed by atoms with Crippen molar-refractivity contribution in [3.63, 3.8) is 0 Å². The molecular weight excluding hydrogens is 333 g/mol. The van der Waals surface area contributed by atoms with Gasteiger partial charge in [-0.1, -0.05) is 17.7 Å². The highest BCUT2D eigenvalue weighted by Gasteiger charge is 2.34. The first-order valence-corrected chi connectivity index (χ1v) is 8.21. The van der Waals surface area contributed by atoms with Crippen LogP contribution in [0.25, 0.3) is 0 Å². The van der Waals surface area contributed by atoms with Gasteiger partial charge in [0.2, 0.25) is 5.91 Å². The fourth-order valence-corrected chi connectivity index (χ4v) is 3.30. The van der Waals surface area contributed by atoms with Gasteiger partial charge in [-0.15, -0.1) is 0 Å². The summed E-state index contributed by atoms with van der Waals surface area (Å²) in [7, 11) is 0. The van der Waals surface area contributed by atoms with Crippen LogP contribution >= 0.6 is 11.6 Å². The summed E-state index contributed by atoms with van der Waals surface area (Å²) < 4.78 is 13.8. The monoisotopic (exact) mass is 351 g/mol. The number of aromatic amines is 1. The summed E-state index contributed by atoms with van der Waals surface area (Å²) in [6.07, 6.45) is -0.121. The van der Waals surface area contributed by atoms with Gasteiger partial charge in [0.1, 0.15) is 5.82 Å². The number of carbonyl (C=O) groups is 1. The second-order valence-corrected chi connectivity index (χ2v) is 6.66. The van der Waals surface area contributed by atoms with Crippen LogP contribution in [0.1, 0.15) is 17.0 Å². The van der Waals surface area contributed by atoms with E-state index in [2.05, 4.69) is 10.2 Å². The average molecular weight is 352 g/mol. The van der Waals surface area contributed by atoms with Crippen LogP contribution in [0.4, 0.5) is 4.39 Å². The second-order valence-electron chi connectivity index (χ2n) is 6.25. The number of halogens is 2. The topological polar surface area (TPSA) is 69.2 Å². The minimum Gasteiger partial charge on any atom is -0.391 e. The highest BCUT2D eigenvalue weighted by atomic mass is 35.5. The zero-order valence-electron chi connectivity index (χ0n) is 13.3. The van der Waals surface area contributed by atoms with Crippen molar-refractivity contribution >= 4 is 17.5 Å². The molecule has 1 aliphatic rings. The average Bonchev–Trinajstić information content (AvgIpc) is 3.10. The first-order chi connectivity index (χ1) is 11.4. The van der Waals surface area contributed by atoms with Crippen molar-refractivity contribution in [3.8, 4) is 0 Å². The van der Waals surface area contributed by atoms with Crippen LogP contribution in [0.5, 0.6) is 0 Å². The number of hydrogen-bond donors (Lipinski definition) is 2. The lowest BCUT2D eigenvalue weighted by atomic mass is 10.0. The number of carbonyl (C=O) groups excluding carboxylic acids is 1. The molecule has 0 bridgehead atoms. The zero-order chi connectivity index (χ0) is 17.3. The Kier molecular flexibility index (Phi) is 4.87. The van der Waals surface area contributed by atoms with E-state index in [9.17, 15) is 14.3 Å². The first-order valence-electron chi connectivity index (χ1n) is 7.83. The number of likely N-dealkylation sites (tertiary alicyclic amines) is 1. The van der Waals surface area contributed by atoms with E-state index < -0.39 is 11.9 Å². The van der Waals surface area contributed by atoms with E-state index in [1.807, 2.05) is 13.0 Å². The third-order valence-electron chi connectivity index (χ3n) is 4.38. The van der Waals surface area contributed by atoms with E-state index in [1.54, 1.807) is 11.0 Å². The van der Waals surface area contributed by atoms with Gasteiger partial charge in [0.05, 0.1) is 18.2 Å². The van der Waals surface area contributed by atoms with Gasteiger partial charge >= 0.3 is 0 Å². The van der Waals surface area contributed by atoms with Crippen LogP contribution in [-0.4, -0.2) is 45.3 Å². The van der Waals surface area contributed by atoms with Crippen LogP contribution in [-0.2, 0) is 17.6 Å². The number of H-pyrrole nitrogens is 1. The highest BCUT2D eigenvalue weighted by molar-refractivity contribution is 6.31. The molecule has 7 heteroatoms. The summed E-state index contributed by atoms with van der Waals surface area (Å²) in [5.41, 5.74) is 2.02. The molecular formula is C17H19ClFN3O2. The number of amides is 1. The number of nitrogens with one attached hydrogen (secondary N) is 1. The van der Waals surface area contributed by atoms with Crippen molar-refractivity contribution in [2.45, 2.75) is 25.9 Å². The molecule has 3 rings (SSSR count). The van der Waals surface area contributed by atoms with Crippen molar-refractivity contribution in [1.29, 1.82) is 0 Å². The maximum absolute atomic E-state index is 13.8. The maximum atomic E-state index is 13.8. The molecule has 1 amide bonds. The Balaban J connectivity index is 1.64. The smallest absolute Gasteiger partial charge is 0.227 e. The van der Waals surface area contributed by atoms with E-state index >= 15 is 0 Å². The standard InChI is InChI=1S/C17H19ClFN3O2/c1-10-5-12(21-20-10)6-11-8-22(9-16(11)23)17(24)7-13-14(18)3-2-4-15(13)19/h2-5,11,16,23H,6-9H2,1H3,(H,20,21)/t11-,16-/m1/s1. The third-order valence-corrected chi connectivity index (χ3v) is 4.73. The van der Waals surface area contributed by atoms with E-state index in [4.69, 9.17) is 11.6 Å². The summed E-state index contributed by atoms with van der Waals surface area (Å²) in [6.45, 7) is 2.59. The van der Waals surface area contributed by atoms with Gasteiger partial charge in [0, 0.05) is 35.3 Å². The minimum absolute atomic E-state index is 0.0762. The Bertz CT molecular complexity index is 729. The van der Waals surface area contributed by atoms with Gasteiger partial charge < -0.3 is 10.0 Å². The van der Waals surface area contributed by atoms with E-state index in [0.29, 0.717) is 13.0 Å². The van der Waals surface area contributed by atoms with Crippen molar-refractivity contribution < 1.29 is 14.3 Å². The van der Waals surface area contributed by atoms with Crippen molar-refractivity contribution in [3.05, 3.63) is 52.1 Å². The van der Waals surface area contributed by atoms with Gasteiger partial charge in [-0.3, -0.25) is 9.89 Å². The van der Waals surface area contributed by atoms with E-state index in [0.717, 1.165) is 11.4 Å². The molecule has 0 spiro atoms. The molecule has 0 unspecified atom stereocenters. The molecule has 5 nitrogen and oxygen atoms in total. The number of aromatic nitrogens is 2. The number of rotatable bonds is 4. The zero-order valence-corrected chi connectivity index (χ0v) is 14.1.